The number of ether oxygens (including phenoxy) is 2. The Morgan fingerprint density at radius 1 is 1.13 bits per heavy atom. The predicted octanol–water partition coefficient (Wildman–Crippen LogP) is 0.656. The van der Waals surface area contributed by atoms with Crippen molar-refractivity contribution in [1.82, 2.24) is 25.6 Å². The van der Waals surface area contributed by atoms with E-state index < -0.39 is 48.1 Å². The van der Waals surface area contributed by atoms with E-state index >= 15 is 0 Å². The number of carbonyl (C=O) groups excluding carboxylic acids is 5. The predicted molar refractivity (Wildman–Crippen MR) is 132 cm³/mol. The molecule has 4 heterocycles. The van der Waals surface area contributed by atoms with Crippen molar-refractivity contribution in [3.63, 3.8) is 0 Å². The molecule has 200 valence electrons. The Bertz CT molecular complexity index is 1280. The van der Waals surface area contributed by atoms with E-state index in [1.54, 1.807) is 25.1 Å². The smallest absolute Gasteiger partial charge is 0.310 e. The lowest BCUT2D eigenvalue weighted by atomic mass is 10.0. The number of nitrogens with zero attached hydrogens (tertiary/aromatic N) is 3. The molecule has 4 atom stereocenters. The highest BCUT2D eigenvalue weighted by atomic mass is 16.7. The Kier molecular flexibility index (Phi) is 7.23. The van der Waals surface area contributed by atoms with E-state index in [-0.39, 0.29) is 44.0 Å². The van der Waals surface area contributed by atoms with E-state index in [1.165, 1.54) is 16.2 Å². The fourth-order valence-corrected chi connectivity index (χ4v) is 5.18. The second-order valence-electron chi connectivity index (χ2n) is 9.44. The molecule has 1 aromatic heterocycles. The summed E-state index contributed by atoms with van der Waals surface area (Å²) in [6.07, 6.45) is 1.49. The molecular weight excluding hydrogens is 494 g/mol. The molecule has 3 aliphatic heterocycles. The number of pyridine rings is 1. The number of cyclic esters (lactones) is 1. The van der Waals surface area contributed by atoms with Gasteiger partial charge < -0.3 is 20.1 Å². The van der Waals surface area contributed by atoms with Crippen LogP contribution in [0.4, 0.5) is 0 Å². The number of benzene rings is 1. The number of rotatable bonds is 6. The van der Waals surface area contributed by atoms with Gasteiger partial charge in [0.2, 0.25) is 18.1 Å². The number of fused-ring (bicyclic) bond motifs is 2. The van der Waals surface area contributed by atoms with Crippen molar-refractivity contribution in [2.24, 2.45) is 0 Å². The van der Waals surface area contributed by atoms with Crippen LogP contribution in [0.3, 0.4) is 0 Å². The van der Waals surface area contributed by atoms with Crippen LogP contribution in [0.25, 0.3) is 10.8 Å². The highest BCUT2D eigenvalue weighted by Crippen LogP contribution is 2.26. The average Bonchev–Trinajstić information content (AvgIpc) is 3.21. The van der Waals surface area contributed by atoms with Crippen molar-refractivity contribution in [2.75, 3.05) is 13.2 Å². The number of amides is 4. The van der Waals surface area contributed by atoms with E-state index in [2.05, 4.69) is 15.6 Å². The van der Waals surface area contributed by atoms with Gasteiger partial charge in [-0.2, -0.15) is 0 Å². The fourth-order valence-electron chi connectivity index (χ4n) is 5.18. The molecule has 2 aromatic rings. The van der Waals surface area contributed by atoms with Gasteiger partial charge in [-0.1, -0.05) is 24.3 Å². The first-order valence-corrected chi connectivity index (χ1v) is 12.8. The maximum absolute atomic E-state index is 13.7. The van der Waals surface area contributed by atoms with Crippen LogP contribution in [0, 0.1) is 0 Å². The van der Waals surface area contributed by atoms with Gasteiger partial charge in [-0.05, 0) is 37.6 Å². The maximum Gasteiger partial charge on any atom is 0.310 e. The lowest BCUT2D eigenvalue weighted by Crippen LogP contribution is -2.64. The van der Waals surface area contributed by atoms with Crippen molar-refractivity contribution in [3.8, 4) is 0 Å². The fraction of sp³-hybridized carbons (Fsp3) is 0.462. The quantitative estimate of drug-likeness (QED) is 0.525. The third-order valence-corrected chi connectivity index (χ3v) is 6.98. The molecule has 3 fully saturated rings. The summed E-state index contributed by atoms with van der Waals surface area (Å²) >= 11 is 0. The zero-order valence-corrected chi connectivity index (χ0v) is 20.9. The SMILES string of the molecule is CCO[C@@H]1OC(=O)C[C@@H]1NC(=O)C1CCCN2C(=O)CCC(NC(=O)c3nccc4ccccc34)C(=O)N12. The standard InChI is InChI=1S/C26H29N5O7/c1-2-37-26-18(14-21(33)38-26)29-23(34)19-8-5-13-30-20(32)10-9-17(25(36)31(19)30)28-24(35)22-16-7-4-3-6-15(16)11-12-27-22/h3-4,6-7,11-12,17-19,26H,2,5,8-10,13-14H2,1H3,(H,28,35)(H,29,34)/t17?,18-,19?,26+/m0/s1. The third-order valence-electron chi connectivity index (χ3n) is 6.98. The molecule has 3 aliphatic rings. The first kappa shape index (κ1) is 25.6. The molecule has 0 radical (unpaired) electrons. The van der Waals surface area contributed by atoms with Crippen LogP contribution < -0.4 is 10.6 Å². The van der Waals surface area contributed by atoms with E-state index in [4.69, 9.17) is 9.47 Å². The topological polar surface area (TPSA) is 147 Å². The number of aromatic nitrogens is 1. The van der Waals surface area contributed by atoms with Gasteiger partial charge in [0.1, 0.15) is 23.8 Å². The van der Waals surface area contributed by atoms with Gasteiger partial charge in [0.25, 0.3) is 11.8 Å². The third kappa shape index (κ3) is 4.91. The molecule has 5 rings (SSSR count). The van der Waals surface area contributed by atoms with E-state index in [0.29, 0.717) is 18.2 Å². The number of carbonyl (C=O) groups is 5. The van der Waals surface area contributed by atoms with Crippen molar-refractivity contribution in [1.29, 1.82) is 0 Å². The average molecular weight is 524 g/mol. The number of esters is 1. The molecule has 3 saturated heterocycles. The number of hydrazine groups is 1. The molecule has 0 saturated carbocycles. The van der Waals surface area contributed by atoms with Gasteiger partial charge >= 0.3 is 5.97 Å². The van der Waals surface area contributed by atoms with Crippen molar-refractivity contribution < 1.29 is 33.4 Å². The summed E-state index contributed by atoms with van der Waals surface area (Å²) < 4.78 is 10.5. The molecule has 0 aliphatic carbocycles. The minimum Gasteiger partial charge on any atom is -0.433 e. The molecule has 2 N–H and O–H groups in total. The van der Waals surface area contributed by atoms with Gasteiger partial charge in [0.05, 0.1) is 6.42 Å². The van der Waals surface area contributed by atoms with Crippen LogP contribution in [0.1, 0.15) is 49.5 Å². The summed E-state index contributed by atoms with van der Waals surface area (Å²) in [5.74, 6) is -2.41. The first-order valence-electron chi connectivity index (χ1n) is 12.8. The van der Waals surface area contributed by atoms with Crippen LogP contribution in [0.2, 0.25) is 0 Å². The van der Waals surface area contributed by atoms with Gasteiger partial charge in [-0.25, -0.2) is 5.01 Å². The Balaban J connectivity index is 1.36. The van der Waals surface area contributed by atoms with Crippen molar-refractivity contribution in [2.45, 2.75) is 63.4 Å². The number of nitrogens with one attached hydrogen (secondary N) is 2. The van der Waals surface area contributed by atoms with E-state index in [1.807, 2.05) is 12.1 Å². The first-order chi connectivity index (χ1) is 18.4. The van der Waals surface area contributed by atoms with Crippen LogP contribution in [0.15, 0.2) is 36.5 Å². The van der Waals surface area contributed by atoms with Crippen LogP contribution in [0.5, 0.6) is 0 Å². The van der Waals surface area contributed by atoms with E-state index in [9.17, 15) is 24.0 Å². The highest BCUT2D eigenvalue weighted by molar-refractivity contribution is 6.06. The zero-order chi connectivity index (χ0) is 26.8. The summed E-state index contributed by atoms with van der Waals surface area (Å²) in [7, 11) is 0. The molecule has 0 bridgehead atoms. The summed E-state index contributed by atoms with van der Waals surface area (Å²) in [4.78, 5) is 69.3. The summed E-state index contributed by atoms with van der Waals surface area (Å²) in [5, 5.41) is 9.45. The number of hydrogen-bond donors (Lipinski definition) is 2. The number of hydrogen-bond acceptors (Lipinski definition) is 8. The molecule has 1 aromatic carbocycles. The van der Waals surface area contributed by atoms with Crippen molar-refractivity contribution >= 4 is 40.4 Å². The van der Waals surface area contributed by atoms with Crippen molar-refractivity contribution in [3.05, 3.63) is 42.2 Å². The molecule has 4 amide bonds. The van der Waals surface area contributed by atoms with Gasteiger partial charge in [-0.3, -0.25) is 34.0 Å². The van der Waals surface area contributed by atoms with Gasteiger partial charge in [0, 0.05) is 31.2 Å². The second-order valence-corrected chi connectivity index (χ2v) is 9.44. The lowest BCUT2D eigenvalue weighted by Gasteiger charge is -2.43. The summed E-state index contributed by atoms with van der Waals surface area (Å²) in [6, 6.07) is 6.33. The molecule has 12 nitrogen and oxygen atoms in total. The normalized spacial score (nSPS) is 25.6. The molecular formula is C26H29N5O7. The largest absolute Gasteiger partial charge is 0.433 e. The highest BCUT2D eigenvalue weighted by Gasteiger charge is 2.46. The van der Waals surface area contributed by atoms with Crippen LogP contribution in [-0.4, -0.2) is 82.2 Å². The van der Waals surface area contributed by atoms with Gasteiger partial charge in [-0.15, -0.1) is 0 Å². The molecule has 0 spiro atoms. The molecule has 12 heteroatoms. The van der Waals surface area contributed by atoms with Crippen LogP contribution >= 0.6 is 0 Å². The Hall–Kier alpha value is -4.06. The maximum atomic E-state index is 13.7. The van der Waals surface area contributed by atoms with Crippen LogP contribution in [-0.2, 0) is 28.7 Å². The minimum atomic E-state index is -1.03. The Labute approximate surface area is 218 Å². The lowest BCUT2D eigenvalue weighted by molar-refractivity contribution is -0.177. The Morgan fingerprint density at radius 3 is 2.76 bits per heavy atom. The van der Waals surface area contributed by atoms with E-state index in [0.717, 1.165) is 5.39 Å². The Morgan fingerprint density at radius 2 is 1.95 bits per heavy atom. The second kappa shape index (κ2) is 10.7. The molecule has 38 heavy (non-hydrogen) atoms. The summed E-state index contributed by atoms with van der Waals surface area (Å²) in [6.45, 7) is 2.31. The van der Waals surface area contributed by atoms with Gasteiger partial charge in [0.15, 0.2) is 0 Å². The minimum absolute atomic E-state index is 0.0296. The molecule has 2 unspecified atom stereocenters. The zero-order valence-electron chi connectivity index (χ0n) is 20.9. The summed E-state index contributed by atoms with van der Waals surface area (Å²) in [5.41, 5.74) is 0.170. The monoisotopic (exact) mass is 523 g/mol.